The minimum atomic E-state index is 0.357. The van der Waals surface area contributed by atoms with Gasteiger partial charge in [-0.2, -0.15) is 4.98 Å². The number of nitrogens with one attached hydrogen (secondary N) is 1. The summed E-state index contributed by atoms with van der Waals surface area (Å²) in [4.78, 5) is 5.62. The van der Waals surface area contributed by atoms with Crippen molar-refractivity contribution < 1.29 is 4.52 Å². The number of hydrogen-bond donors (Lipinski definition) is 1. The van der Waals surface area contributed by atoms with E-state index in [1.165, 1.54) is 4.88 Å². The summed E-state index contributed by atoms with van der Waals surface area (Å²) >= 11 is 1.71. The highest BCUT2D eigenvalue weighted by Crippen LogP contribution is 2.13. The molecule has 0 saturated heterocycles. The minimum Gasteiger partial charge on any atom is -0.339 e. The molecule has 0 aliphatic rings. The van der Waals surface area contributed by atoms with E-state index >= 15 is 0 Å². The highest BCUT2D eigenvalue weighted by molar-refractivity contribution is 7.09. The van der Waals surface area contributed by atoms with E-state index in [-0.39, 0.29) is 0 Å². The van der Waals surface area contributed by atoms with Crippen LogP contribution in [-0.4, -0.2) is 23.2 Å². The summed E-state index contributed by atoms with van der Waals surface area (Å²) in [6.45, 7) is 2.09. The van der Waals surface area contributed by atoms with Crippen LogP contribution in [0.25, 0.3) is 0 Å². The Morgan fingerprint density at radius 1 is 1.56 bits per heavy atom. The summed E-state index contributed by atoms with van der Waals surface area (Å²) in [6, 6.07) is 4.47. The molecule has 0 aromatic carbocycles. The van der Waals surface area contributed by atoms with Gasteiger partial charge in [0.25, 0.3) is 0 Å². The molecule has 0 amide bonds. The third-order valence-electron chi connectivity index (χ3n) is 2.40. The SMILES string of the molecule is CNC(C)Cc1nc(Cc2cccs2)no1. The summed E-state index contributed by atoms with van der Waals surface area (Å²) in [5.41, 5.74) is 0. The van der Waals surface area contributed by atoms with Gasteiger partial charge in [-0.3, -0.25) is 0 Å². The summed E-state index contributed by atoms with van der Waals surface area (Å²) in [5, 5.41) is 9.17. The van der Waals surface area contributed by atoms with Crippen LogP contribution in [0.3, 0.4) is 0 Å². The lowest BCUT2D eigenvalue weighted by atomic mass is 10.2. The highest BCUT2D eigenvalue weighted by atomic mass is 32.1. The largest absolute Gasteiger partial charge is 0.339 e. The maximum Gasteiger partial charge on any atom is 0.228 e. The molecule has 0 fully saturated rings. The molecule has 1 unspecified atom stereocenters. The first-order valence-corrected chi connectivity index (χ1v) is 6.17. The van der Waals surface area contributed by atoms with Crippen molar-refractivity contribution in [3.63, 3.8) is 0 Å². The van der Waals surface area contributed by atoms with E-state index in [9.17, 15) is 0 Å². The predicted octanol–water partition coefficient (Wildman–Crippen LogP) is 1.87. The third kappa shape index (κ3) is 2.90. The van der Waals surface area contributed by atoms with Crippen molar-refractivity contribution in [1.82, 2.24) is 15.5 Å². The molecule has 2 aromatic heterocycles. The van der Waals surface area contributed by atoms with Gasteiger partial charge in [0.1, 0.15) is 0 Å². The molecule has 0 bridgehead atoms. The topological polar surface area (TPSA) is 51.0 Å². The van der Waals surface area contributed by atoms with Crippen LogP contribution in [0.1, 0.15) is 23.5 Å². The molecule has 2 aromatic rings. The van der Waals surface area contributed by atoms with Gasteiger partial charge in [-0.25, -0.2) is 0 Å². The van der Waals surface area contributed by atoms with Crippen LogP contribution in [-0.2, 0) is 12.8 Å². The number of aromatic nitrogens is 2. The lowest BCUT2D eigenvalue weighted by Gasteiger charge is -2.04. The Labute approximate surface area is 98.7 Å². The molecule has 16 heavy (non-hydrogen) atoms. The second-order valence-corrected chi connectivity index (χ2v) is 4.79. The average Bonchev–Trinajstić information content (AvgIpc) is 2.91. The molecule has 4 nitrogen and oxygen atoms in total. The van der Waals surface area contributed by atoms with Crippen LogP contribution in [0.5, 0.6) is 0 Å². The Balaban J connectivity index is 1.97. The third-order valence-corrected chi connectivity index (χ3v) is 3.27. The lowest BCUT2D eigenvalue weighted by molar-refractivity contribution is 0.361. The first kappa shape index (κ1) is 11.3. The molecular formula is C11H15N3OS. The molecule has 1 atom stereocenters. The predicted molar refractivity (Wildman–Crippen MR) is 63.6 cm³/mol. The van der Waals surface area contributed by atoms with Crippen molar-refractivity contribution in [2.45, 2.75) is 25.8 Å². The van der Waals surface area contributed by atoms with Crippen LogP contribution in [0.4, 0.5) is 0 Å². The van der Waals surface area contributed by atoms with E-state index in [2.05, 4.69) is 33.8 Å². The molecule has 0 saturated carbocycles. The summed E-state index contributed by atoms with van der Waals surface area (Å²) < 4.78 is 5.19. The monoisotopic (exact) mass is 237 g/mol. The van der Waals surface area contributed by atoms with Crippen molar-refractivity contribution in [1.29, 1.82) is 0 Å². The van der Waals surface area contributed by atoms with Crippen molar-refractivity contribution in [2.24, 2.45) is 0 Å². The number of nitrogens with zero attached hydrogens (tertiary/aromatic N) is 2. The van der Waals surface area contributed by atoms with Gasteiger partial charge in [0.2, 0.25) is 5.89 Å². The number of thiophene rings is 1. The maximum absolute atomic E-state index is 5.19. The molecule has 0 aliphatic carbocycles. The van der Waals surface area contributed by atoms with Crippen LogP contribution in [0, 0.1) is 0 Å². The number of likely N-dealkylation sites (N-methyl/N-ethyl adjacent to an activating group) is 1. The van der Waals surface area contributed by atoms with E-state index in [1.807, 2.05) is 13.1 Å². The van der Waals surface area contributed by atoms with Crippen LogP contribution in [0.15, 0.2) is 22.0 Å². The van der Waals surface area contributed by atoms with E-state index in [0.717, 1.165) is 18.7 Å². The molecule has 0 radical (unpaired) electrons. The number of rotatable bonds is 5. The smallest absolute Gasteiger partial charge is 0.228 e. The van der Waals surface area contributed by atoms with Crippen LogP contribution >= 0.6 is 11.3 Å². The van der Waals surface area contributed by atoms with Gasteiger partial charge in [-0.15, -0.1) is 11.3 Å². The molecule has 86 valence electrons. The van der Waals surface area contributed by atoms with E-state index in [4.69, 9.17) is 4.52 Å². The molecule has 0 aliphatic heterocycles. The fraction of sp³-hybridized carbons (Fsp3) is 0.455. The summed E-state index contributed by atoms with van der Waals surface area (Å²) in [7, 11) is 1.92. The second kappa shape index (κ2) is 5.23. The van der Waals surface area contributed by atoms with Gasteiger partial charge < -0.3 is 9.84 Å². The van der Waals surface area contributed by atoms with E-state index in [1.54, 1.807) is 11.3 Å². The van der Waals surface area contributed by atoms with Gasteiger partial charge in [-0.05, 0) is 25.4 Å². The Kier molecular flexibility index (Phi) is 3.69. The molecule has 1 N–H and O–H groups in total. The van der Waals surface area contributed by atoms with Crippen molar-refractivity contribution in [3.8, 4) is 0 Å². The maximum atomic E-state index is 5.19. The first-order valence-electron chi connectivity index (χ1n) is 5.29. The normalized spacial score (nSPS) is 12.9. The standard InChI is InChI=1S/C11H15N3OS/c1-8(12-2)6-11-13-10(14-15-11)7-9-4-3-5-16-9/h3-5,8,12H,6-7H2,1-2H3. The van der Waals surface area contributed by atoms with Crippen molar-refractivity contribution >= 4 is 11.3 Å². The van der Waals surface area contributed by atoms with Gasteiger partial charge in [0, 0.05) is 23.8 Å². The quantitative estimate of drug-likeness (QED) is 0.862. The van der Waals surface area contributed by atoms with Gasteiger partial charge >= 0.3 is 0 Å². The fourth-order valence-electron chi connectivity index (χ4n) is 1.38. The van der Waals surface area contributed by atoms with Crippen LogP contribution < -0.4 is 5.32 Å². The zero-order valence-corrected chi connectivity index (χ0v) is 10.3. The van der Waals surface area contributed by atoms with Crippen molar-refractivity contribution in [2.75, 3.05) is 7.05 Å². The van der Waals surface area contributed by atoms with Gasteiger partial charge in [0.05, 0.1) is 0 Å². The summed E-state index contributed by atoms with van der Waals surface area (Å²) in [5.74, 6) is 1.47. The van der Waals surface area contributed by atoms with Crippen LogP contribution in [0.2, 0.25) is 0 Å². The Morgan fingerprint density at radius 3 is 3.12 bits per heavy atom. The van der Waals surface area contributed by atoms with E-state index in [0.29, 0.717) is 11.9 Å². The molecule has 0 spiro atoms. The lowest BCUT2D eigenvalue weighted by Crippen LogP contribution is -2.23. The molecule has 5 heteroatoms. The summed E-state index contributed by atoms with van der Waals surface area (Å²) in [6.07, 6.45) is 1.53. The zero-order valence-electron chi connectivity index (χ0n) is 9.43. The second-order valence-electron chi connectivity index (χ2n) is 3.75. The molecular weight excluding hydrogens is 222 g/mol. The highest BCUT2D eigenvalue weighted by Gasteiger charge is 2.10. The Morgan fingerprint density at radius 2 is 2.44 bits per heavy atom. The first-order chi connectivity index (χ1) is 7.78. The van der Waals surface area contributed by atoms with Crippen molar-refractivity contribution in [3.05, 3.63) is 34.1 Å². The Hall–Kier alpha value is -1.20. The van der Waals surface area contributed by atoms with Gasteiger partial charge in [0.15, 0.2) is 5.82 Å². The number of hydrogen-bond acceptors (Lipinski definition) is 5. The minimum absolute atomic E-state index is 0.357. The Bertz CT molecular complexity index is 424. The zero-order chi connectivity index (χ0) is 11.4. The molecule has 2 rings (SSSR count). The molecule has 2 heterocycles. The average molecular weight is 237 g/mol. The van der Waals surface area contributed by atoms with Gasteiger partial charge in [-0.1, -0.05) is 11.2 Å². The van der Waals surface area contributed by atoms with E-state index < -0.39 is 0 Å². The fourth-order valence-corrected chi connectivity index (χ4v) is 2.08.